The summed E-state index contributed by atoms with van der Waals surface area (Å²) < 4.78 is 4.97. The molecule has 1 N–H and O–H groups in total. The number of nitrogens with one attached hydrogen (secondary N) is 1. The van der Waals surface area contributed by atoms with Gasteiger partial charge in [0.1, 0.15) is 5.76 Å². The fourth-order valence-corrected chi connectivity index (χ4v) is 2.70. The molecule has 1 aliphatic heterocycles. The van der Waals surface area contributed by atoms with Gasteiger partial charge in [-0.15, -0.1) is 0 Å². The minimum Gasteiger partial charge on any atom is -0.360 e. The smallest absolute Gasteiger partial charge is 0.229 e. The van der Waals surface area contributed by atoms with Crippen LogP contribution in [0, 0.1) is 12.8 Å². The molecule has 1 fully saturated rings. The molecule has 1 unspecified atom stereocenters. The molecule has 3 rings (SSSR count). The highest BCUT2D eigenvalue weighted by atomic mass is 35.5. The standard InChI is InChI=1S/C15H13Cl2N3O3/c1-8-4-13(19-23-8)20-7-9(5-14(20)21)15(22)18-10-2-3-11(16)12(17)6-10/h2-4,6,9H,5,7H2,1H3,(H,18,22). The van der Waals surface area contributed by atoms with Crippen LogP contribution >= 0.6 is 23.2 Å². The molecule has 1 aromatic carbocycles. The van der Waals surface area contributed by atoms with Gasteiger partial charge in [-0.1, -0.05) is 28.4 Å². The van der Waals surface area contributed by atoms with Crippen LogP contribution in [0.1, 0.15) is 12.2 Å². The number of anilines is 2. The molecule has 23 heavy (non-hydrogen) atoms. The molecule has 8 heteroatoms. The Labute approximate surface area is 142 Å². The zero-order chi connectivity index (χ0) is 16.6. The van der Waals surface area contributed by atoms with Crippen molar-refractivity contribution in [2.75, 3.05) is 16.8 Å². The molecule has 6 nitrogen and oxygen atoms in total. The number of rotatable bonds is 3. The van der Waals surface area contributed by atoms with E-state index >= 15 is 0 Å². The molecule has 0 aliphatic carbocycles. The fraction of sp³-hybridized carbons (Fsp3) is 0.267. The molecule has 0 bridgehead atoms. The summed E-state index contributed by atoms with van der Waals surface area (Å²) in [4.78, 5) is 25.9. The van der Waals surface area contributed by atoms with E-state index in [0.29, 0.717) is 27.3 Å². The Balaban J connectivity index is 1.69. The third-order valence-corrected chi connectivity index (χ3v) is 4.31. The van der Waals surface area contributed by atoms with Gasteiger partial charge in [-0.05, 0) is 25.1 Å². The van der Waals surface area contributed by atoms with Crippen molar-refractivity contribution in [2.24, 2.45) is 5.92 Å². The monoisotopic (exact) mass is 353 g/mol. The van der Waals surface area contributed by atoms with Crippen LogP contribution in [-0.2, 0) is 9.59 Å². The van der Waals surface area contributed by atoms with Crippen LogP contribution < -0.4 is 10.2 Å². The molecular formula is C15H13Cl2N3O3. The molecule has 2 heterocycles. The summed E-state index contributed by atoms with van der Waals surface area (Å²) in [6.45, 7) is 2.00. The summed E-state index contributed by atoms with van der Waals surface area (Å²) in [5, 5.41) is 7.32. The molecule has 2 amide bonds. The maximum Gasteiger partial charge on any atom is 0.229 e. The van der Waals surface area contributed by atoms with Gasteiger partial charge in [0, 0.05) is 24.7 Å². The molecular weight excluding hydrogens is 341 g/mol. The van der Waals surface area contributed by atoms with Crippen molar-refractivity contribution in [3.63, 3.8) is 0 Å². The first kappa shape index (κ1) is 15.8. The van der Waals surface area contributed by atoms with Crippen molar-refractivity contribution in [3.05, 3.63) is 40.1 Å². The Morgan fingerprint density at radius 2 is 2.13 bits per heavy atom. The van der Waals surface area contributed by atoms with Gasteiger partial charge in [0.25, 0.3) is 0 Å². The second-order valence-corrected chi connectivity index (χ2v) is 6.13. The number of nitrogens with zero attached hydrogens (tertiary/aromatic N) is 2. The average molecular weight is 354 g/mol. The molecule has 120 valence electrons. The third-order valence-electron chi connectivity index (χ3n) is 3.58. The molecule has 1 saturated heterocycles. The van der Waals surface area contributed by atoms with Crippen LogP contribution in [0.5, 0.6) is 0 Å². The van der Waals surface area contributed by atoms with E-state index in [2.05, 4.69) is 10.5 Å². The predicted octanol–water partition coefficient (Wildman–Crippen LogP) is 3.28. The molecule has 1 aromatic heterocycles. The molecule has 1 atom stereocenters. The minimum absolute atomic E-state index is 0.124. The van der Waals surface area contributed by atoms with E-state index in [4.69, 9.17) is 27.7 Å². The number of halogens is 2. The highest BCUT2D eigenvalue weighted by Gasteiger charge is 2.36. The van der Waals surface area contributed by atoms with Crippen LogP contribution in [0.15, 0.2) is 28.8 Å². The Bertz CT molecular complexity index is 775. The van der Waals surface area contributed by atoms with Gasteiger partial charge in [-0.3, -0.25) is 14.5 Å². The number of aromatic nitrogens is 1. The van der Waals surface area contributed by atoms with E-state index < -0.39 is 5.92 Å². The van der Waals surface area contributed by atoms with Crippen LogP contribution in [0.4, 0.5) is 11.5 Å². The van der Waals surface area contributed by atoms with Gasteiger partial charge >= 0.3 is 0 Å². The SMILES string of the molecule is Cc1cc(N2CC(C(=O)Nc3ccc(Cl)c(Cl)c3)CC2=O)no1. The van der Waals surface area contributed by atoms with Crippen molar-refractivity contribution >= 4 is 46.5 Å². The maximum absolute atomic E-state index is 12.3. The number of benzene rings is 1. The van der Waals surface area contributed by atoms with Crippen LogP contribution in [0.25, 0.3) is 0 Å². The van der Waals surface area contributed by atoms with Gasteiger partial charge in [-0.2, -0.15) is 0 Å². The van der Waals surface area contributed by atoms with Gasteiger partial charge in [-0.25, -0.2) is 0 Å². The first-order valence-corrected chi connectivity index (χ1v) is 7.69. The number of aryl methyl sites for hydroxylation is 1. The topological polar surface area (TPSA) is 75.4 Å². The van der Waals surface area contributed by atoms with E-state index in [1.807, 2.05) is 0 Å². The van der Waals surface area contributed by atoms with Gasteiger partial charge < -0.3 is 9.84 Å². The van der Waals surface area contributed by atoms with Gasteiger partial charge in [0.05, 0.1) is 16.0 Å². The lowest BCUT2D eigenvalue weighted by atomic mass is 10.1. The lowest BCUT2D eigenvalue weighted by molar-refractivity contribution is -0.122. The first-order chi connectivity index (χ1) is 10.9. The Morgan fingerprint density at radius 3 is 2.78 bits per heavy atom. The van der Waals surface area contributed by atoms with E-state index in [9.17, 15) is 9.59 Å². The Morgan fingerprint density at radius 1 is 1.35 bits per heavy atom. The number of carbonyl (C=O) groups is 2. The zero-order valence-electron chi connectivity index (χ0n) is 12.2. The summed E-state index contributed by atoms with van der Waals surface area (Å²) in [5.41, 5.74) is 0.535. The molecule has 2 aromatic rings. The van der Waals surface area contributed by atoms with Gasteiger partial charge in [0.2, 0.25) is 11.8 Å². The number of amides is 2. The normalized spacial score (nSPS) is 17.6. The second kappa shape index (κ2) is 6.22. The molecule has 1 aliphatic rings. The fourth-order valence-electron chi connectivity index (χ4n) is 2.40. The average Bonchev–Trinajstić information content (AvgIpc) is 3.09. The summed E-state index contributed by atoms with van der Waals surface area (Å²) in [7, 11) is 0. The molecule has 0 saturated carbocycles. The first-order valence-electron chi connectivity index (χ1n) is 6.93. The maximum atomic E-state index is 12.3. The number of hydrogen-bond donors (Lipinski definition) is 1. The van der Waals surface area contributed by atoms with Crippen LogP contribution in [0.3, 0.4) is 0 Å². The Kier molecular flexibility index (Phi) is 4.28. The van der Waals surface area contributed by atoms with Crippen LogP contribution in [-0.4, -0.2) is 23.5 Å². The Hall–Kier alpha value is -2.05. The van der Waals surface area contributed by atoms with Crippen LogP contribution in [0.2, 0.25) is 10.0 Å². The van der Waals surface area contributed by atoms with Crippen molar-refractivity contribution in [1.29, 1.82) is 0 Å². The van der Waals surface area contributed by atoms with E-state index in [0.717, 1.165) is 0 Å². The van der Waals surface area contributed by atoms with E-state index in [-0.39, 0.29) is 24.8 Å². The van der Waals surface area contributed by atoms with E-state index in [1.165, 1.54) is 4.90 Å². The minimum atomic E-state index is -0.464. The zero-order valence-corrected chi connectivity index (χ0v) is 13.7. The highest BCUT2D eigenvalue weighted by Crippen LogP contribution is 2.28. The number of carbonyl (C=O) groups excluding carboxylic acids is 2. The lowest BCUT2D eigenvalue weighted by Gasteiger charge is -2.13. The summed E-state index contributed by atoms with van der Waals surface area (Å²) in [6.07, 6.45) is 0.124. The third kappa shape index (κ3) is 3.33. The highest BCUT2D eigenvalue weighted by molar-refractivity contribution is 6.42. The van der Waals surface area contributed by atoms with Crippen molar-refractivity contribution in [3.8, 4) is 0 Å². The van der Waals surface area contributed by atoms with Crippen molar-refractivity contribution in [1.82, 2.24) is 5.16 Å². The van der Waals surface area contributed by atoms with Crippen molar-refractivity contribution < 1.29 is 14.1 Å². The lowest BCUT2D eigenvalue weighted by Crippen LogP contribution is -2.28. The summed E-state index contributed by atoms with van der Waals surface area (Å²) in [6, 6.07) is 6.49. The molecule has 0 radical (unpaired) electrons. The largest absolute Gasteiger partial charge is 0.360 e. The summed E-state index contributed by atoms with van der Waals surface area (Å²) in [5.74, 6) is 0.162. The second-order valence-electron chi connectivity index (χ2n) is 5.32. The quantitative estimate of drug-likeness (QED) is 0.918. The van der Waals surface area contributed by atoms with E-state index in [1.54, 1.807) is 31.2 Å². The van der Waals surface area contributed by atoms with Crippen molar-refractivity contribution in [2.45, 2.75) is 13.3 Å². The molecule has 0 spiro atoms. The number of hydrogen-bond acceptors (Lipinski definition) is 4. The predicted molar refractivity (Wildman–Crippen MR) is 86.8 cm³/mol. The van der Waals surface area contributed by atoms with Gasteiger partial charge in [0.15, 0.2) is 5.82 Å². The summed E-state index contributed by atoms with van der Waals surface area (Å²) >= 11 is 11.8.